The minimum absolute atomic E-state index is 0.0519. The Morgan fingerprint density at radius 2 is 2.19 bits per heavy atom. The number of aryl methyl sites for hydroxylation is 1. The van der Waals surface area contributed by atoms with Gasteiger partial charge in [-0.1, -0.05) is 6.92 Å². The maximum atomic E-state index is 12.3. The zero-order valence-electron chi connectivity index (χ0n) is 10.5. The molecule has 2 N–H and O–H groups in total. The highest BCUT2D eigenvalue weighted by Gasteiger charge is 2.21. The fraction of sp³-hybridized carbons (Fsp3) is 0.583. The lowest BCUT2D eigenvalue weighted by Gasteiger charge is -2.27. The molecular formula is C12H21N3O. The third-order valence-electron chi connectivity index (χ3n) is 2.97. The quantitative estimate of drug-likeness (QED) is 0.847. The fourth-order valence-electron chi connectivity index (χ4n) is 1.83. The number of carbonyl (C=O) groups is 1. The van der Waals surface area contributed by atoms with Crippen LogP contribution in [0.5, 0.6) is 0 Å². The van der Waals surface area contributed by atoms with E-state index in [-0.39, 0.29) is 11.9 Å². The van der Waals surface area contributed by atoms with Crippen LogP contribution in [-0.4, -0.2) is 28.0 Å². The molecule has 4 heteroatoms. The highest BCUT2D eigenvalue weighted by Crippen LogP contribution is 2.14. The number of nitrogens with two attached hydrogens (primary N) is 1. The number of rotatable bonds is 4. The number of amides is 1. The monoisotopic (exact) mass is 223 g/mol. The number of hydrogen-bond acceptors (Lipinski definition) is 2. The Morgan fingerprint density at radius 1 is 1.56 bits per heavy atom. The van der Waals surface area contributed by atoms with Crippen molar-refractivity contribution < 1.29 is 4.79 Å². The number of carbonyl (C=O) groups excluding carboxylic acids is 1. The van der Waals surface area contributed by atoms with Gasteiger partial charge in [0.15, 0.2) is 0 Å². The Labute approximate surface area is 97.0 Å². The number of anilines is 1. The van der Waals surface area contributed by atoms with Gasteiger partial charge in [0.2, 0.25) is 0 Å². The molecular weight excluding hydrogens is 202 g/mol. The van der Waals surface area contributed by atoms with Gasteiger partial charge in [0, 0.05) is 25.8 Å². The Bertz CT molecular complexity index is 370. The van der Waals surface area contributed by atoms with E-state index in [1.807, 2.05) is 18.9 Å². The predicted octanol–water partition coefficient (Wildman–Crippen LogP) is 1.87. The van der Waals surface area contributed by atoms with Crippen LogP contribution in [-0.2, 0) is 7.05 Å². The van der Waals surface area contributed by atoms with Gasteiger partial charge in [0.05, 0.1) is 5.69 Å². The third kappa shape index (κ3) is 2.38. The third-order valence-corrected chi connectivity index (χ3v) is 2.97. The summed E-state index contributed by atoms with van der Waals surface area (Å²) in [6.45, 7) is 6.86. The van der Waals surface area contributed by atoms with Crippen LogP contribution in [0.1, 0.15) is 37.7 Å². The molecule has 0 radical (unpaired) electrons. The molecule has 1 aromatic heterocycles. The molecule has 0 saturated carbocycles. The first kappa shape index (κ1) is 12.6. The van der Waals surface area contributed by atoms with Gasteiger partial charge in [-0.15, -0.1) is 0 Å². The van der Waals surface area contributed by atoms with E-state index in [0.717, 1.165) is 13.0 Å². The molecule has 90 valence electrons. The summed E-state index contributed by atoms with van der Waals surface area (Å²) in [5.41, 5.74) is 6.96. The van der Waals surface area contributed by atoms with Crippen molar-refractivity contribution >= 4 is 11.6 Å². The standard InChI is InChI=1S/C12H21N3O/c1-5-9(3)15(6-2)12(16)11-7-10(13)8-14(11)4/h7-9H,5-6,13H2,1-4H3. The van der Waals surface area contributed by atoms with Gasteiger partial charge in [0.1, 0.15) is 5.69 Å². The summed E-state index contributed by atoms with van der Waals surface area (Å²) in [6.07, 6.45) is 2.72. The number of aromatic nitrogens is 1. The molecule has 0 saturated heterocycles. The second kappa shape index (κ2) is 5.05. The lowest BCUT2D eigenvalue weighted by Crippen LogP contribution is -2.38. The molecule has 16 heavy (non-hydrogen) atoms. The van der Waals surface area contributed by atoms with E-state index in [4.69, 9.17) is 5.73 Å². The zero-order valence-corrected chi connectivity index (χ0v) is 10.5. The van der Waals surface area contributed by atoms with E-state index in [1.165, 1.54) is 0 Å². The Balaban J connectivity index is 2.95. The van der Waals surface area contributed by atoms with Crippen molar-refractivity contribution in [2.24, 2.45) is 7.05 Å². The summed E-state index contributed by atoms with van der Waals surface area (Å²) in [4.78, 5) is 14.1. The molecule has 1 aromatic rings. The number of nitrogens with zero attached hydrogens (tertiary/aromatic N) is 2. The maximum absolute atomic E-state index is 12.3. The van der Waals surface area contributed by atoms with Crippen molar-refractivity contribution in [3.8, 4) is 0 Å². The van der Waals surface area contributed by atoms with E-state index in [0.29, 0.717) is 11.4 Å². The fourth-order valence-corrected chi connectivity index (χ4v) is 1.83. The highest BCUT2D eigenvalue weighted by atomic mass is 16.2. The van der Waals surface area contributed by atoms with Gasteiger partial charge < -0.3 is 15.2 Å². The molecule has 0 aliphatic carbocycles. The van der Waals surface area contributed by atoms with Crippen molar-refractivity contribution in [2.75, 3.05) is 12.3 Å². The van der Waals surface area contributed by atoms with Crippen molar-refractivity contribution in [1.82, 2.24) is 9.47 Å². The number of nitrogen functional groups attached to an aromatic ring is 1. The SMILES string of the molecule is CCC(C)N(CC)C(=O)c1cc(N)cn1C. The van der Waals surface area contributed by atoms with Gasteiger partial charge >= 0.3 is 0 Å². The number of hydrogen-bond donors (Lipinski definition) is 1. The summed E-state index contributed by atoms with van der Waals surface area (Å²) in [5.74, 6) is 0.0519. The van der Waals surface area contributed by atoms with Crippen LogP contribution < -0.4 is 5.73 Å². The molecule has 0 aliphatic heterocycles. The van der Waals surface area contributed by atoms with Crippen LogP contribution in [0.25, 0.3) is 0 Å². The smallest absolute Gasteiger partial charge is 0.270 e. The topological polar surface area (TPSA) is 51.3 Å². The van der Waals surface area contributed by atoms with Gasteiger partial charge in [0.25, 0.3) is 5.91 Å². The average molecular weight is 223 g/mol. The predicted molar refractivity (Wildman–Crippen MR) is 66.3 cm³/mol. The first-order valence-electron chi connectivity index (χ1n) is 5.74. The molecule has 0 spiro atoms. The van der Waals surface area contributed by atoms with Crippen molar-refractivity contribution in [3.05, 3.63) is 18.0 Å². The lowest BCUT2D eigenvalue weighted by atomic mass is 10.2. The van der Waals surface area contributed by atoms with Crippen LogP contribution >= 0.6 is 0 Å². The van der Waals surface area contributed by atoms with Crippen LogP contribution in [0.4, 0.5) is 5.69 Å². The lowest BCUT2D eigenvalue weighted by molar-refractivity contribution is 0.0690. The largest absolute Gasteiger partial charge is 0.397 e. The van der Waals surface area contributed by atoms with Crippen LogP contribution in [0, 0.1) is 0 Å². The Morgan fingerprint density at radius 3 is 2.56 bits per heavy atom. The van der Waals surface area contributed by atoms with Gasteiger partial charge in [-0.2, -0.15) is 0 Å². The Kier molecular flexibility index (Phi) is 3.99. The van der Waals surface area contributed by atoms with Crippen molar-refractivity contribution in [2.45, 2.75) is 33.2 Å². The zero-order chi connectivity index (χ0) is 12.3. The molecule has 0 aliphatic rings. The molecule has 1 heterocycles. The van der Waals surface area contributed by atoms with Crippen LogP contribution in [0.2, 0.25) is 0 Å². The summed E-state index contributed by atoms with van der Waals surface area (Å²) in [7, 11) is 1.84. The first-order valence-corrected chi connectivity index (χ1v) is 5.74. The molecule has 0 fully saturated rings. The molecule has 1 amide bonds. The minimum Gasteiger partial charge on any atom is -0.397 e. The summed E-state index contributed by atoms with van der Waals surface area (Å²) >= 11 is 0. The van der Waals surface area contributed by atoms with Crippen molar-refractivity contribution in [3.63, 3.8) is 0 Å². The molecule has 1 atom stereocenters. The van der Waals surface area contributed by atoms with E-state index in [1.54, 1.807) is 16.8 Å². The first-order chi connectivity index (χ1) is 7.51. The second-order valence-corrected chi connectivity index (χ2v) is 4.12. The molecule has 0 bridgehead atoms. The Hall–Kier alpha value is -1.45. The van der Waals surface area contributed by atoms with E-state index in [9.17, 15) is 4.79 Å². The second-order valence-electron chi connectivity index (χ2n) is 4.12. The molecule has 0 aromatic carbocycles. The van der Waals surface area contributed by atoms with E-state index in [2.05, 4.69) is 13.8 Å². The molecule has 1 unspecified atom stereocenters. The van der Waals surface area contributed by atoms with Crippen molar-refractivity contribution in [1.29, 1.82) is 0 Å². The van der Waals surface area contributed by atoms with Crippen LogP contribution in [0.3, 0.4) is 0 Å². The minimum atomic E-state index is 0.0519. The maximum Gasteiger partial charge on any atom is 0.270 e. The van der Waals surface area contributed by atoms with E-state index >= 15 is 0 Å². The molecule has 1 rings (SSSR count). The highest BCUT2D eigenvalue weighted by molar-refractivity contribution is 5.94. The van der Waals surface area contributed by atoms with Gasteiger partial charge in [-0.05, 0) is 26.3 Å². The van der Waals surface area contributed by atoms with Crippen LogP contribution in [0.15, 0.2) is 12.3 Å². The van der Waals surface area contributed by atoms with Gasteiger partial charge in [-0.3, -0.25) is 4.79 Å². The average Bonchev–Trinajstić information content (AvgIpc) is 2.58. The van der Waals surface area contributed by atoms with Gasteiger partial charge in [-0.25, -0.2) is 0 Å². The summed E-state index contributed by atoms with van der Waals surface area (Å²) in [5, 5.41) is 0. The van der Waals surface area contributed by atoms with E-state index < -0.39 is 0 Å². The molecule has 4 nitrogen and oxygen atoms in total. The summed E-state index contributed by atoms with van der Waals surface area (Å²) in [6, 6.07) is 1.99. The summed E-state index contributed by atoms with van der Waals surface area (Å²) < 4.78 is 1.78. The normalized spacial score (nSPS) is 12.5.